The second-order valence-corrected chi connectivity index (χ2v) is 11.3. The Morgan fingerprint density at radius 2 is 1.77 bits per heavy atom. The summed E-state index contributed by atoms with van der Waals surface area (Å²) < 4.78 is 7.77. The van der Waals surface area contributed by atoms with Gasteiger partial charge in [-0.3, -0.25) is 4.40 Å². The molecule has 0 unspecified atom stereocenters. The number of nitrogens with zero attached hydrogens (tertiary/aromatic N) is 2. The van der Waals surface area contributed by atoms with Crippen molar-refractivity contribution in [2.45, 2.75) is 53.5 Å². The number of carbonyl (C=O) groups is 1. The van der Waals surface area contributed by atoms with E-state index in [4.69, 9.17) is 21.3 Å². The SMILES string of the molecule is Cc1cccn2c(NC(C)(C)CC(C)(C)C)c(-c3cccc(OC(=O)c4cccc(Cl)c4)c3)nc12. The summed E-state index contributed by atoms with van der Waals surface area (Å²) >= 11 is 6.03. The van der Waals surface area contributed by atoms with Gasteiger partial charge in [0, 0.05) is 22.3 Å². The van der Waals surface area contributed by atoms with Crippen LogP contribution < -0.4 is 10.1 Å². The molecule has 4 aromatic rings. The standard InChI is InChI=1S/C29H32ClN3O2/c1-19-10-9-15-33-25(19)31-24(26(33)32-29(5,6)18-28(2,3)4)20-11-8-14-23(17-20)35-27(34)21-12-7-13-22(30)16-21/h7-17,32H,18H2,1-6H3. The summed E-state index contributed by atoms with van der Waals surface area (Å²) in [5, 5.41) is 4.25. The van der Waals surface area contributed by atoms with E-state index in [-0.39, 0.29) is 11.0 Å². The number of ether oxygens (including phenoxy) is 1. The molecule has 0 aliphatic heterocycles. The molecule has 35 heavy (non-hydrogen) atoms. The molecule has 0 atom stereocenters. The minimum Gasteiger partial charge on any atom is -0.423 e. The second kappa shape index (κ2) is 9.38. The molecule has 2 heterocycles. The van der Waals surface area contributed by atoms with E-state index in [1.54, 1.807) is 30.3 Å². The van der Waals surface area contributed by atoms with E-state index in [1.165, 1.54) is 0 Å². The first kappa shape index (κ1) is 24.8. The molecule has 4 rings (SSSR count). The van der Waals surface area contributed by atoms with Gasteiger partial charge in [-0.25, -0.2) is 9.78 Å². The van der Waals surface area contributed by atoms with Crippen LogP contribution in [0.1, 0.15) is 57.0 Å². The van der Waals surface area contributed by atoms with E-state index in [0.717, 1.165) is 34.7 Å². The van der Waals surface area contributed by atoms with Crippen LogP contribution in [0.3, 0.4) is 0 Å². The highest BCUT2D eigenvalue weighted by Gasteiger charge is 2.28. The number of hydrogen-bond acceptors (Lipinski definition) is 4. The molecular formula is C29H32ClN3O2. The zero-order chi connectivity index (χ0) is 25.4. The Labute approximate surface area is 212 Å². The minimum absolute atomic E-state index is 0.154. The lowest BCUT2D eigenvalue weighted by Crippen LogP contribution is -2.36. The van der Waals surface area contributed by atoms with Gasteiger partial charge in [-0.1, -0.05) is 56.6 Å². The van der Waals surface area contributed by atoms with Crippen molar-refractivity contribution >= 4 is 29.0 Å². The van der Waals surface area contributed by atoms with Crippen molar-refractivity contribution in [2.75, 3.05) is 5.32 Å². The molecule has 0 saturated carbocycles. The molecule has 0 radical (unpaired) electrons. The molecule has 0 bridgehead atoms. The summed E-state index contributed by atoms with van der Waals surface area (Å²) in [7, 11) is 0. The normalized spacial score (nSPS) is 12.1. The van der Waals surface area contributed by atoms with Gasteiger partial charge >= 0.3 is 5.97 Å². The Morgan fingerprint density at radius 3 is 2.49 bits per heavy atom. The van der Waals surface area contributed by atoms with Gasteiger partial charge < -0.3 is 10.1 Å². The number of benzene rings is 2. The molecule has 0 aliphatic carbocycles. The molecule has 0 saturated heterocycles. The van der Waals surface area contributed by atoms with Crippen molar-refractivity contribution in [1.29, 1.82) is 0 Å². The number of aromatic nitrogens is 2. The number of hydrogen-bond donors (Lipinski definition) is 1. The van der Waals surface area contributed by atoms with Gasteiger partial charge in [0.15, 0.2) is 0 Å². The number of esters is 1. The molecule has 182 valence electrons. The zero-order valence-corrected chi connectivity index (χ0v) is 21.9. The number of pyridine rings is 1. The second-order valence-electron chi connectivity index (χ2n) is 10.9. The Bertz CT molecular complexity index is 1380. The van der Waals surface area contributed by atoms with Crippen LogP contribution in [0.15, 0.2) is 66.9 Å². The molecule has 2 aromatic heterocycles. The highest BCUT2D eigenvalue weighted by molar-refractivity contribution is 6.30. The Balaban J connectivity index is 1.74. The van der Waals surface area contributed by atoms with Gasteiger partial charge in [0.2, 0.25) is 0 Å². The highest BCUT2D eigenvalue weighted by Crippen LogP contribution is 2.36. The number of fused-ring (bicyclic) bond motifs is 1. The van der Waals surface area contributed by atoms with Gasteiger partial charge in [-0.15, -0.1) is 0 Å². The third kappa shape index (κ3) is 5.85. The van der Waals surface area contributed by atoms with E-state index in [0.29, 0.717) is 16.3 Å². The fraction of sp³-hybridized carbons (Fsp3) is 0.310. The van der Waals surface area contributed by atoms with Crippen LogP contribution >= 0.6 is 11.6 Å². The number of halogens is 1. The van der Waals surface area contributed by atoms with Crippen LogP contribution in [0.2, 0.25) is 5.02 Å². The first-order valence-corrected chi connectivity index (χ1v) is 12.1. The maximum Gasteiger partial charge on any atom is 0.343 e. The summed E-state index contributed by atoms with van der Waals surface area (Å²) in [4.78, 5) is 17.7. The van der Waals surface area contributed by atoms with E-state index in [2.05, 4.69) is 57.3 Å². The molecule has 0 spiro atoms. The van der Waals surface area contributed by atoms with Gasteiger partial charge in [0.1, 0.15) is 22.9 Å². The van der Waals surface area contributed by atoms with Crippen LogP contribution in [0.5, 0.6) is 5.75 Å². The van der Waals surface area contributed by atoms with Gasteiger partial charge in [0.25, 0.3) is 0 Å². The van der Waals surface area contributed by atoms with Gasteiger partial charge in [-0.2, -0.15) is 0 Å². The number of rotatable bonds is 6. The lowest BCUT2D eigenvalue weighted by molar-refractivity contribution is 0.0735. The van der Waals surface area contributed by atoms with Crippen molar-refractivity contribution in [3.63, 3.8) is 0 Å². The Hall–Kier alpha value is -3.31. The van der Waals surface area contributed by atoms with Crippen LogP contribution in [0, 0.1) is 12.3 Å². The smallest absolute Gasteiger partial charge is 0.343 e. The van der Waals surface area contributed by atoms with Gasteiger partial charge in [0.05, 0.1) is 5.56 Å². The molecule has 0 amide bonds. The maximum atomic E-state index is 12.7. The summed E-state index contributed by atoms with van der Waals surface area (Å²) in [6.45, 7) is 13.2. The summed E-state index contributed by atoms with van der Waals surface area (Å²) in [5.74, 6) is 0.901. The molecule has 5 nitrogen and oxygen atoms in total. The predicted molar refractivity (Wildman–Crippen MR) is 144 cm³/mol. The molecule has 2 aromatic carbocycles. The third-order valence-electron chi connectivity index (χ3n) is 5.65. The topological polar surface area (TPSA) is 55.6 Å². The van der Waals surface area contributed by atoms with Crippen molar-refractivity contribution < 1.29 is 9.53 Å². The average Bonchev–Trinajstić information content (AvgIpc) is 3.11. The zero-order valence-electron chi connectivity index (χ0n) is 21.1. The fourth-order valence-electron chi connectivity index (χ4n) is 4.70. The van der Waals surface area contributed by atoms with E-state index < -0.39 is 5.97 Å². The Morgan fingerprint density at radius 1 is 1.03 bits per heavy atom. The lowest BCUT2D eigenvalue weighted by Gasteiger charge is -2.34. The van der Waals surface area contributed by atoms with Crippen molar-refractivity contribution in [3.05, 3.63) is 83.0 Å². The number of anilines is 1. The molecule has 6 heteroatoms. The van der Waals surface area contributed by atoms with Crippen molar-refractivity contribution in [1.82, 2.24) is 9.38 Å². The van der Waals surface area contributed by atoms with E-state index in [1.807, 2.05) is 30.5 Å². The van der Waals surface area contributed by atoms with Crippen molar-refractivity contribution in [2.24, 2.45) is 5.41 Å². The first-order chi connectivity index (χ1) is 16.4. The van der Waals surface area contributed by atoms with Gasteiger partial charge in [-0.05, 0) is 74.6 Å². The monoisotopic (exact) mass is 489 g/mol. The molecule has 1 N–H and O–H groups in total. The fourth-order valence-corrected chi connectivity index (χ4v) is 4.89. The average molecular weight is 490 g/mol. The summed E-state index contributed by atoms with van der Waals surface area (Å²) in [6, 6.07) is 18.3. The summed E-state index contributed by atoms with van der Waals surface area (Å²) in [5.41, 5.74) is 4.01. The predicted octanol–water partition coefficient (Wildman–Crippen LogP) is 7.81. The number of aryl methyl sites for hydroxylation is 1. The minimum atomic E-state index is -0.458. The molecule has 0 fully saturated rings. The third-order valence-corrected chi connectivity index (χ3v) is 5.89. The number of imidazole rings is 1. The largest absolute Gasteiger partial charge is 0.423 e. The number of nitrogens with one attached hydrogen (secondary N) is 1. The maximum absolute atomic E-state index is 12.7. The number of carbonyl (C=O) groups excluding carboxylic acids is 1. The highest BCUT2D eigenvalue weighted by atomic mass is 35.5. The van der Waals surface area contributed by atoms with Crippen LogP contribution in [0.4, 0.5) is 5.82 Å². The first-order valence-electron chi connectivity index (χ1n) is 11.8. The van der Waals surface area contributed by atoms with E-state index >= 15 is 0 Å². The quantitative estimate of drug-likeness (QED) is 0.221. The van der Waals surface area contributed by atoms with Crippen LogP contribution in [-0.2, 0) is 0 Å². The Kier molecular flexibility index (Phi) is 6.65. The molecular weight excluding hydrogens is 458 g/mol. The van der Waals surface area contributed by atoms with Crippen molar-refractivity contribution in [3.8, 4) is 17.0 Å². The van der Waals surface area contributed by atoms with E-state index in [9.17, 15) is 4.79 Å². The summed E-state index contributed by atoms with van der Waals surface area (Å²) in [6.07, 6.45) is 2.99. The molecule has 0 aliphatic rings. The van der Waals surface area contributed by atoms with Crippen LogP contribution in [-0.4, -0.2) is 20.9 Å². The lowest BCUT2D eigenvalue weighted by atomic mass is 9.82. The van der Waals surface area contributed by atoms with Crippen LogP contribution in [0.25, 0.3) is 16.9 Å².